The third kappa shape index (κ3) is 4.76. The van der Waals surface area contributed by atoms with Crippen LogP contribution in [0.4, 0.5) is 28.4 Å². The first-order chi connectivity index (χ1) is 27.8. The van der Waals surface area contributed by atoms with Crippen molar-refractivity contribution in [2.45, 2.75) is 11.8 Å². The molecule has 0 atom stereocenters. The molecule has 0 bridgehead atoms. The fourth-order valence-electron chi connectivity index (χ4n) is 9.75. The second kappa shape index (κ2) is 13.0. The van der Waals surface area contributed by atoms with Gasteiger partial charge in [0.25, 0.3) is 0 Å². The number of hydrogen-bond acceptors (Lipinski definition) is 2. The predicted molar refractivity (Wildman–Crippen MR) is 233 cm³/mol. The molecule has 8 aromatic rings. The van der Waals surface area contributed by atoms with Crippen LogP contribution in [0.2, 0.25) is 0 Å². The highest BCUT2D eigenvalue weighted by Crippen LogP contribution is 2.65. The average molecular weight is 715 g/mol. The van der Waals surface area contributed by atoms with Crippen molar-refractivity contribution in [1.29, 1.82) is 0 Å². The molecular formula is C54H38N2. The van der Waals surface area contributed by atoms with Crippen LogP contribution in [0.5, 0.6) is 0 Å². The van der Waals surface area contributed by atoms with Gasteiger partial charge in [0.2, 0.25) is 0 Å². The molecule has 11 rings (SSSR count). The van der Waals surface area contributed by atoms with Crippen molar-refractivity contribution in [3.8, 4) is 11.1 Å². The molecule has 0 aromatic heterocycles. The van der Waals surface area contributed by atoms with Gasteiger partial charge in [-0.15, -0.1) is 0 Å². The van der Waals surface area contributed by atoms with Gasteiger partial charge in [-0.3, -0.25) is 0 Å². The smallest absolute Gasteiger partial charge is 0.0692 e. The number of benzene rings is 8. The van der Waals surface area contributed by atoms with E-state index < -0.39 is 5.41 Å². The summed E-state index contributed by atoms with van der Waals surface area (Å²) in [6, 6.07) is 77.7. The Morgan fingerprint density at radius 3 is 1.27 bits per heavy atom. The van der Waals surface area contributed by atoms with E-state index >= 15 is 0 Å². The summed E-state index contributed by atoms with van der Waals surface area (Å²) in [5.74, 6) is 0. The number of anilines is 5. The summed E-state index contributed by atoms with van der Waals surface area (Å²) in [6.07, 6.45) is 3.28. The molecule has 0 saturated carbocycles. The van der Waals surface area contributed by atoms with Crippen molar-refractivity contribution in [2.75, 3.05) is 9.80 Å². The Kier molecular flexibility index (Phi) is 7.50. The molecule has 56 heavy (non-hydrogen) atoms. The zero-order valence-electron chi connectivity index (χ0n) is 30.9. The Balaban J connectivity index is 1.20. The van der Waals surface area contributed by atoms with Crippen LogP contribution in [0.1, 0.15) is 39.8 Å². The van der Waals surface area contributed by atoms with Gasteiger partial charge < -0.3 is 9.80 Å². The maximum atomic E-state index is 2.50. The summed E-state index contributed by atoms with van der Waals surface area (Å²) >= 11 is 0. The fourth-order valence-corrected chi connectivity index (χ4v) is 9.75. The Labute approximate surface area is 328 Å². The summed E-state index contributed by atoms with van der Waals surface area (Å²) in [5.41, 5.74) is 19.6. The second-order valence-corrected chi connectivity index (χ2v) is 14.8. The van der Waals surface area contributed by atoms with Gasteiger partial charge in [0.1, 0.15) is 0 Å². The van der Waals surface area contributed by atoms with Crippen molar-refractivity contribution in [2.24, 2.45) is 0 Å². The van der Waals surface area contributed by atoms with Gasteiger partial charge >= 0.3 is 0 Å². The molecule has 0 fully saturated rings. The predicted octanol–water partition coefficient (Wildman–Crippen LogP) is 13.9. The monoisotopic (exact) mass is 714 g/mol. The van der Waals surface area contributed by atoms with Gasteiger partial charge in [0.15, 0.2) is 0 Å². The molecule has 0 saturated heterocycles. The van der Waals surface area contributed by atoms with Crippen molar-refractivity contribution in [1.82, 2.24) is 0 Å². The van der Waals surface area contributed by atoms with E-state index in [4.69, 9.17) is 0 Å². The standard InChI is InChI=1S/C54H38N2/c1-5-19-38(20-6-1)55(39-21-7-2-8-22-39)42-33-34-47-51(37-42)54(48-31-17-15-27-43(48)44-28-16-18-32-49(44)54)50-35-36-52(45-29-13-14-30-46(45)53(47)50)56(40-23-9-3-10-24-40)41-25-11-4-12-26-41/h1-34,36-37H,35H2. The molecule has 0 N–H and O–H groups in total. The molecule has 0 aliphatic heterocycles. The lowest BCUT2D eigenvalue weighted by Crippen LogP contribution is -2.27. The van der Waals surface area contributed by atoms with Crippen molar-refractivity contribution in [3.05, 3.63) is 257 Å². The first-order valence-corrected chi connectivity index (χ1v) is 19.5. The zero-order chi connectivity index (χ0) is 37.1. The highest BCUT2D eigenvalue weighted by atomic mass is 15.2. The molecular weight excluding hydrogens is 677 g/mol. The first-order valence-electron chi connectivity index (χ1n) is 19.5. The minimum atomic E-state index is -0.490. The normalized spacial score (nSPS) is 14.2. The van der Waals surface area contributed by atoms with E-state index in [1.54, 1.807) is 0 Å². The Hall–Kier alpha value is -7.16. The quantitative estimate of drug-likeness (QED) is 0.169. The lowest BCUT2D eigenvalue weighted by Gasteiger charge is -2.34. The minimum absolute atomic E-state index is 0.490. The molecule has 8 aromatic carbocycles. The molecule has 0 radical (unpaired) electrons. The summed E-state index contributed by atoms with van der Waals surface area (Å²) < 4.78 is 0. The SMILES string of the molecule is C1=C(N(c2ccccc2)c2ccccc2)c2ccccc2C2=C(C1)C1(c3cc(N(c4ccccc4)c4ccccc4)ccc32)c2ccccc2-c2ccccc21. The number of hydrogen-bond donors (Lipinski definition) is 0. The van der Waals surface area contributed by atoms with E-state index in [0.29, 0.717) is 0 Å². The van der Waals surface area contributed by atoms with Crippen LogP contribution in [0.25, 0.3) is 22.4 Å². The number of para-hydroxylation sites is 4. The van der Waals surface area contributed by atoms with E-state index in [-0.39, 0.29) is 0 Å². The van der Waals surface area contributed by atoms with E-state index in [2.05, 4.69) is 228 Å². The molecule has 0 amide bonds. The Morgan fingerprint density at radius 1 is 0.321 bits per heavy atom. The zero-order valence-corrected chi connectivity index (χ0v) is 30.9. The van der Waals surface area contributed by atoms with Gasteiger partial charge in [-0.2, -0.15) is 0 Å². The molecule has 3 aliphatic carbocycles. The van der Waals surface area contributed by atoms with E-state index in [0.717, 1.165) is 34.9 Å². The van der Waals surface area contributed by atoms with Gasteiger partial charge in [-0.25, -0.2) is 0 Å². The fraction of sp³-hybridized carbons (Fsp3) is 0.0370. The van der Waals surface area contributed by atoms with Gasteiger partial charge in [0.05, 0.1) is 11.1 Å². The second-order valence-electron chi connectivity index (χ2n) is 14.8. The van der Waals surface area contributed by atoms with Gasteiger partial charge in [0, 0.05) is 34.0 Å². The molecule has 264 valence electrons. The van der Waals surface area contributed by atoms with Crippen LogP contribution in [-0.4, -0.2) is 0 Å². The van der Waals surface area contributed by atoms with E-state index in [9.17, 15) is 0 Å². The number of nitrogens with zero attached hydrogens (tertiary/aromatic N) is 2. The summed E-state index contributed by atoms with van der Waals surface area (Å²) in [4.78, 5) is 4.83. The van der Waals surface area contributed by atoms with Crippen LogP contribution in [0, 0.1) is 0 Å². The Morgan fingerprint density at radius 2 is 0.750 bits per heavy atom. The lowest BCUT2D eigenvalue weighted by atomic mass is 9.68. The van der Waals surface area contributed by atoms with Crippen molar-refractivity contribution >= 4 is 39.7 Å². The molecule has 2 nitrogen and oxygen atoms in total. The minimum Gasteiger partial charge on any atom is -0.310 e. The largest absolute Gasteiger partial charge is 0.310 e. The molecule has 2 heteroatoms. The van der Waals surface area contributed by atoms with Crippen molar-refractivity contribution < 1.29 is 0 Å². The van der Waals surface area contributed by atoms with Gasteiger partial charge in [-0.05, 0) is 117 Å². The summed E-state index contributed by atoms with van der Waals surface area (Å²) in [7, 11) is 0. The molecule has 0 unspecified atom stereocenters. The van der Waals surface area contributed by atoms with Crippen LogP contribution in [0.3, 0.4) is 0 Å². The number of rotatable bonds is 6. The summed E-state index contributed by atoms with van der Waals surface area (Å²) in [6.45, 7) is 0. The van der Waals surface area contributed by atoms with Crippen LogP contribution < -0.4 is 9.80 Å². The highest BCUT2D eigenvalue weighted by molar-refractivity contribution is 6.04. The average Bonchev–Trinajstić information content (AvgIpc) is 3.66. The molecule has 1 spiro atoms. The highest BCUT2D eigenvalue weighted by Gasteiger charge is 2.53. The van der Waals surface area contributed by atoms with E-state index in [1.165, 1.54) is 61.4 Å². The molecule has 3 aliphatic rings. The summed E-state index contributed by atoms with van der Waals surface area (Å²) in [5, 5.41) is 0. The van der Waals surface area contributed by atoms with Crippen LogP contribution in [-0.2, 0) is 5.41 Å². The first kappa shape index (κ1) is 32.3. The van der Waals surface area contributed by atoms with Crippen LogP contribution >= 0.6 is 0 Å². The van der Waals surface area contributed by atoms with Crippen molar-refractivity contribution in [3.63, 3.8) is 0 Å². The van der Waals surface area contributed by atoms with Crippen LogP contribution in [0.15, 0.2) is 224 Å². The number of allylic oxidation sites excluding steroid dienone is 2. The van der Waals surface area contributed by atoms with E-state index in [1.807, 2.05) is 0 Å². The topological polar surface area (TPSA) is 6.48 Å². The molecule has 0 heterocycles. The Bertz CT molecular complexity index is 2690. The lowest BCUT2D eigenvalue weighted by molar-refractivity contribution is 0.747. The van der Waals surface area contributed by atoms with Gasteiger partial charge in [-0.1, -0.05) is 158 Å². The third-order valence-corrected chi connectivity index (χ3v) is 11.9. The maximum Gasteiger partial charge on any atom is 0.0692 e. The maximum absolute atomic E-state index is 2.50. The third-order valence-electron chi connectivity index (χ3n) is 11.9. The number of fused-ring (bicyclic) bond motifs is 11.